The van der Waals surface area contributed by atoms with Gasteiger partial charge in [0.25, 0.3) is 0 Å². The smallest absolute Gasteiger partial charge is 0.193 e. The van der Waals surface area contributed by atoms with E-state index in [2.05, 4.69) is 20.6 Å². The number of aromatic nitrogens is 1. The van der Waals surface area contributed by atoms with Crippen molar-refractivity contribution in [1.82, 2.24) is 15.2 Å². The molecule has 8 heteroatoms. The molecule has 0 amide bonds. The Balaban J connectivity index is 1.38. The highest BCUT2D eigenvalue weighted by Gasteiger charge is 2.15. The lowest BCUT2D eigenvalue weighted by atomic mass is 10.3. The van der Waals surface area contributed by atoms with E-state index in [1.54, 1.807) is 30.5 Å². The summed E-state index contributed by atoms with van der Waals surface area (Å²) < 4.78 is 18.6. The second kappa shape index (κ2) is 10.3. The van der Waals surface area contributed by atoms with Crippen LogP contribution in [-0.2, 0) is 6.42 Å². The average molecular weight is 406 g/mol. The maximum absolute atomic E-state index is 12.9. The summed E-state index contributed by atoms with van der Waals surface area (Å²) in [6.45, 7) is 4.20. The van der Waals surface area contributed by atoms with E-state index in [0.29, 0.717) is 18.9 Å². The quantitative estimate of drug-likeness (QED) is 0.541. The van der Waals surface area contributed by atoms with Gasteiger partial charge in [0.2, 0.25) is 0 Å². The molecular weight excluding hydrogens is 377 g/mol. The number of hydrogen-bond donors (Lipinski definition) is 1. The molecule has 0 saturated carbocycles. The van der Waals surface area contributed by atoms with E-state index >= 15 is 0 Å². The van der Waals surface area contributed by atoms with E-state index in [4.69, 9.17) is 9.72 Å². The van der Waals surface area contributed by atoms with E-state index in [1.807, 2.05) is 11.9 Å². The molecule has 1 aromatic heterocycles. The third-order valence-electron chi connectivity index (χ3n) is 4.66. The second-order valence-corrected chi connectivity index (χ2v) is 7.60. The molecule has 0 aliphatic carbocycles. The van der Waals surface area contributed by atoms with Crippen LogP contribution in [0.25, 0.3) is 0 Å². The summed E-state index contributed by atoms with van der Waals surface area (Å²) in [6, 6.07) is 6.06. The van der Waals surface area contributed by atoms with E-state index in [-0.39, 0.29) is 5.82 Å². The van der Waals surface area contributed by atoms with Crippen molar-refractivity contribution in [2.45, 2.75) is 19.3 Å². The Morgan fingerprint density at radius 3 is 2.79 bits per heavy atom. The Labute approximate surface area is 170 Å². The molecule has 6 nitrogen and oxygen atoms in total. The summed E-state index contributed by atoms with van der Waals surface area (Å²) in [5.41, 5.74) is 1.12. The third-order valence-corrected chi connectivity index (χ3v) is 5.61. The molecule has 0 radical (unpaired) electrons. The summed E-state index contributed by atoms with van der Waals surface area (Å²) in [5.74, 6) is 1.22. The SMILES string of the molecule is CN=C(NCCc1csc(N2CCCC2)n1)N(C)CCOc1ccc(F)cc1. The van der Waals surface area contributed by atoms with E-state index in [9.17, 15) is 4.39 Å². The molecule has 0 unspecified atom stereocenters. The molecule has 28 heavy (non-hydrogen) atoms. The number of ether oxygens (including phenoxy) is 1. The van der Waals surface area contributed by atoms with Gasteiger partial charge >= 0.3 is 0 Å². The lowest BCUT2D eigenvalue weighted by Gasteiger charge is -2.22. The number of aliphatic imine (C=N–C) groups is 1. The van der Waals surface area contributed by atoms with Gasteiger partial charge < -0.3 is 19.9 Å². The van der Waals surface area contributed by atoms with Crippen LogP contribution in [0.5, 0.6) is 5.75 Å². The molecule has 2 heterocycles. The van der Waals surface area contributed by atoms with Crippen molar-refractivity contribution in [3.63, 3.8) is 0 Å². The fourth-order valence-corrected chi connectivity index (χ4v) is 4.00. The molecule has 1 aliphatic rings. The number of rotatable bonds is 8. The van der Waals surface area contributed by atoms with Gasteiger partial charge in [0.05, 0.1) is 12.2 Å². The molecule has 1 aromatic carbocycles. The minimum Gasteiger partial charge on any atom is -0.492 e. The number of nitrogens with one attached hydrogen (secondary N) is 1. The Morgan fingerprint density at radius 2 is 2.07 bits per heavy atom. The monoisotopic (exact) mass is 405 g/mol. The Bertz CT molecular complexity index is 758. The zero-order chi connectivity index (χ0) is 19.8. The first-order valence-corrected chi connectivity index (χ1v) is 10.5. The Hall–Kier alpha value is -2.35. The van der Waals surface area contributed by atoms with Gasteiger partial charge in [-0.25, -0.2) is 9.37 Å². The largest absolute Gasteiger partial charge is 0.492 e. The molecule has 1 saturated heterocycles. The number of hydrogen-bond acceptors (Lipinski definition) is 5. The number of benzene rings is 1. The first-order chi connectivity index (χ1) is 13.7. The van der Waals surface area contributed by atoms with Crippen LogP contribution in [0, 0.1) is 5.82 Å². The number of nitrogens with zero attached hydrogens (tertiary/aromatic N) is 4. The lowest BCUT2D eigenvalue weighted by Crippen LogP contribution is -2.41. The number of thiazole rings is 1. The van der Waals surface area contributed by atoms with Crippen molar-refractivity contribution in [2.75, 3.05) is 51.8 Å². The molecular formula is C20H28FN5OS. The summed E-state index contributed by atoms with van der Waals surface area (Å²) in [5, 5.41) is 6.67. The van der Waals surface area contributed by atoms with Gasteiger partial charge in [-0.15, -0.1) is 11.3 Å². The first-order valence-electron chi connectivity index (χ1n) is 9.65. The fourth-order valence-electron chi connectivity index (χ4n) is 3.09. The molecule has 0 spiro atoms. The van der Waals surface area contributed by atoms with Gasteiger partial charge in [-0.3, -0.25) is 4.99 Å². The zero-order valence-corrected chi connectivity index (χ0v) is 17.3. The highest BCUT2D eigenvalue weighted by Crippen LogP contribution is 2.24. The van der Waals surface area contributed by atoms with Crippen molar-refractivity contribution in [3.05, 3.63) is 41.2 Å². The van der Waals surface area contributed by atoms with Crippen LogP contribution in [0.3, 0.4) is 0 Å². The maximum atomic E-state index is 12.9. The first kappa shape index (κ1) is 20.4. The molecule has 1 aliphatic heterocycles. The molecule has 3 rings (SSSR count). The molecule has 0 atom stereocenters. The average Bonchev–Trinajstić information content (AvgIpc) is 3.38. The van der Waals surface area contributed by atoms with Gasteiger partial charge in [-0.2, -0.15) is 0 Å². The molecule has 1 N–H and O–H groups in total. The van der Waals surface area contributed by atoms with Gasteiger partial charge in [-0.1, -0.05) is 0 Å². The van der Waals surface area contributed by atoms with E-state index in [1.165, 1.54) is 25.0 Å². The predicted molar refractivity (Wildman–Crippen MR) is 113 cm³/mol. The topological polar surface area (TPSA) is 53.0 Å². The summed E-state index contributed by atoms with van der Waals surface area (Å²) >= 11 is 1.73. The minimum atomic E-state index is -0.262. The second-order valence-electron chi connectivity index (χ2n) is 6.76. The summed E-state index contributed by atoms with van der Waals surface area (Å²) in [7, 11) is 3.74. The summed E-state index contributed by atoms with van der Waals surface area (Å²) in [6.07, 6.45) is 3.40. The van der Waals surface area contributed by atoms with Crippen LogP contribution in [-0.4, -0.2) is 62.7 Å². The molecule has 152 valence electrons. The van der Waals surface area contributed by atoms with Crippen molar-refractivity contribution in [2.24, 2.45) is 4.99 Å². The maximum Gasteiger partial charge on any atom is 0.193 e. The molecule has 0 bridgehead atoms. The van der Waals surface area contributed by atoms with E-state index < -0.39 is 0 Å². The van der Waals surface area contributed by atoms with Crippen LogP contribution in [0.15, 0.2) is 34.6 Å². The predicted octanol–water partition coefficient (Wildman–Crippen LogP) is 3.01. The van der Waals surface area contributed by atoms with Crippen LogP contribution in [0.4, 0.5) is 9.52 Å². The van der Waals surface area contributed by atoms with Gasteiger partial charge in [0.15, 0.2) is 11.1 Å². The lowest BCUT2D eigenvalue weighted by molar-refractivity contribution is 0.281. The molecule has 2 aromatic rings. The number of halogens is 1. The van der Waals surface area contributed by atoms with Gasteiger partial charge in [-0.05, 0) is 37.1 Å². The van der Waals surface area contributed by atoms with Crippen LogP contribution < -0.4 is 15.0 Å². The van der Waals surface area contributed by atoms with Crippen LogP contribution >= 0.6 is 11.3 Å². The van der Waals surface area contributed by atoms with Crippen molar-refractivity contribution < 1.29 is 9.13 Å². The standard InChI is InChI=1S/C20H28FN5OS/c1-22-19(25(2)13-14-27-18-7-5-16(21)6-8-18)23-10-9-17-15-28-20(24-17)26-11-3-4-12-26/h5-8,15H,3-4,9-14H2,1-2H3,(H,22,23). The number of likely N-dealkylation sites (N-methyl/N-ethyl adjacent to an activating group) is 1. The highest BCUT2D eigenvalue weighted by molar-refractivity contribution is 7.13. The third kappa shape index (κ3) is 5.82. The van der Waals surface area contributed by atoms with Crippen molar-refractivity contribution >= 4 is 22.4 Å². The van der Waals surface area contributed by atoms with Crippen LogP contribution in [0.2, 0.25) is 0 Å². The summed E-state index contributed by atoms with van der Waals surface area (Å²) in [4.78, 5) is 13.5. The van der Waals surface area contributed by atoms with Crippen LogP contribution in [0.1, 0.15) is 18.5 Å². The highest BCUT2D eigenvalue weighted by atomic mass is 32.1. The van der Waals surface area contributed by atoms with E-state index in [0.717, 1.165) is 42.8 Å². The minimum absolute atomic E-state index is 0.262. The zero-order valence-electron chi connectivity index (χ0n) is 16.5. The Morgan fingerprint density at radius 1 is 1.32 bits per heavy atom. The van der Waals surface area contributed by atoms with Crippen molar-refractivity contribution in [1.29, 1.82) is 0 Å². The number of guanidine groups is 1. The van der Waals surface area contributed by atoms with Gasteiger partial charge in [0.1, 0.15) is 18.2 Å². The van der Waals surface area contributed by atoms with Gasteiger partial charge in [0, 0.05) is 45.5 Å². The number of anilines is 1. The fraction of sp³-hybridized carbons (Fsp3) is 0.500. The molecule has 1 fully saturated rings. The Kier molecular flexibility index (Phi) is 7.47. The normalized spacial score (nSPS) is 14.4. The van der Waals surface area contributed by atoms with Crippen molar-refractivity contribution in [3.8, 4) is 5.75 Å².